The van der Waals surface area contributed by atoms with E-state index in [0.717, 1.165) is 32.4 Å². The van der Waals surface area contributed by atoms with E-state index in [2.05, 4.69) is 79.8 Å². The average molecular weight is 325 g/mol. The van der Waals surface area contributed by atoms with Crippen molar-refractivity contribution >= 4 is 0 Å². The summed E-state index contributed by atoms with van der Waals surface area (Å²) in [5.41, 5.74) is 9.10. The lowest BCUT2D eigenvalue weighted by atomic mass is 9.69. The van der Waals surface area contributed by atoms with Gasteiger partial charge < -0.3 is 11.1 Å². The molecular weight excluding hydrogens is 292 g/mol. The maximum atomic E-state index is 6.24. The molecule has 2 aromatic rings. The molecule has 2 aromatic carbocycles. The van der Waals surface area contributed by atoms with E-state index in [1.807, 2.05) is 0 Å². The Bertz CT molecular complexity index is 565. The van der Waals surface area contributed by atoms with Crippen LogP contribution in [0.5, 0.6) is 0 Å². The van der Waals surface area contributed by atoms with Gasteiger partial charge in [0.1, 0.15) is 0 Å². The van der Waals surface area contributed by atoms with Crippen LogP contribution >= 0.6 is 0 Å². The third kappa shape index (κ3) is 4.93. The monoisotopic (exact) mass is 324 g/mol. The highest BCUT2D eigenvalue weighted by molar-refractivity contribution is 5.26. The molecule has 0 aromatic heterocycles. The highest BCUT2D eigenvalue weighted by Gasteiger charge is 2.33. The second-order valence-corrected chi connectivity index (χ2v) is 6.97. The molecule has 0 aliphatic heterocycles. The maximum Gasteiger partial charge on any atom is 0.00989 e. The molecule has 0 saturated carbocycles. The summed E-state index contributed by atoms with van der Waals surface area (Å²) in [5, 5.41) is 3.58. The number of rotatable bonds is 10. The van der Waals surface area contributed by atoms with Gasteiger partial charge in [-0.25, -0.2) is 0 Å². The first kappa shape index (κ1) is 18.7. The molecule has 0 amide bonds. The zero-order valence-corrected chi connectivity index (χ0v) is 15.2. The number of nitrogens with two attached hydrogens (primary N) is 1. The first-order valence-electron chi connectivity index (χ1n) is 9.19. The number of nitrogens with one attached hydrogen (secondary N) is 1. The van der Waals surface area contributed by atoms with Crippen LogP contribution in [-0.2, 0) is 11.8 Å². The fraction of sp³-hybridized carbons (Fsp3) is 0.455. The summed E-state index contributed by atoms with van der Waals surface area (Å²) in [5.74, 6) is 0.536. The van der Waals surface area contributed by atoms with Gasteiger partial charge in [0.15, 0.2) is 0 Å². The fourth-order valence-electron chi connectivity index (χ4n) is 3.52. The zero-order chi connectivity index (χ0) is 17.3. The summed E-state index contributed by atoms with van der Waals surface area (Å²) >= 11 is 0. The highest BCUT2D eigenvalue weighted by Crippen LogP contribution is 2.35. The standard InChI is InChI=1S/C22H32N2/c1-19(2)22(18-23,21-12-7-4-8-13-21)15-9-16-24-17-14-20-10-5-3-6-11-20/h3-8,10-13,19,24H,9,14-18,23H2,1-2H3. The predicted octanol–water partition coefficient (Wildman–Crippen LogP) is 4.15. The third-order valence-electron chi connectivity index (χ3n) is 5.23. The summed E-state index contributed by atoms with van der Waals surface area (Å²) in [6, 6.07) is 21.5. The Morgan fingerprint density at radius 3 is 2.12 bits per heavy atom. The Morgan fingerprint density at radius 1 is 0.917 bits per heavy atom. The molecule has 2 rings (SSSR count). The number of benzene rings is 2. The van der Waals surface area contributed by atoms with Crippen molar-refractivity contribution in [1.82, 2.24) is 5.32 Å². The summed E-state index contributed by atoms with van der Waals surface area (Å²) in [4.78, 5) is 0. The van der Waals surface area contributed by atoms with Gasteiger partial charge in [-0.15, -0.1) is 0 Å². The summed E-state index contributed by atoms with van der Waals surface area (Å²) in [6.45, 7) is 7.38. The van der Waals surface area contributed by atoms with Gasteiger partial charge in [-0.3, -0.25) is 0 Å². The van der Waals surface area contributed by atoms with E-state index in [0.29, 0.717) is 12.5 Å². The Balaban J connectivity index is 1.81. The lowest BCUT2D eigenvalue weighted by Crippen LogP contribution is -2.40. The van der Waals surface area contributed by atoms with Crippen molar-refractivity contribution in [3.63, 3.8) is 0 Å². The van der Waals surface area contributed by atoms with E-state index in [-0.39, 0.29) is 5.41 Å². The molecule has 0 aliphatic rings. The second-order valence-electron chi connectivity index (χ2n) is 6.97. The van der Waals surface area contributed by atoms with Crippen LogP contribution in [0.15, 0.2) is 60.7 Å². The van der Waals surface area contributed by atoms with Crippen LogP contribution in [0.3, 0.4) is 0 Å². The smallest absolute Gasteiger partial charge is 0.00989 e. The SMILES string of the molecule is CC(C)C(CN)(CCCNCCc1ccccc1)c1ccccc1. The Kier molecular flexibility index (Phi) is 7.48. The molecule has 1 atom stereocenters. The molecule has 0 bridgehead atoms. The lowest BCUT2D eigenvalue weighted by Gasteiger charge is -2.37. The maximum absolute atomic E-state index is 6.24. The van der Waals surface area contributed by atoms with E-state index >= 15 is 0 Å². The van der Waals surface area contributed by atoms with Crippen molar-refractivity contribution in [1.29, 1.82) is 0 Å². The first-order chi connectivity index (χ1) is 11.7. The zero-order valence-electron chi connectivity index (χ0n) is 15.2. The third-order valence-corrected chi connectivity index (χ3v) is 5.23. The second kappa shape index (κ2) is 9.61. The molecule has 0 spiro atoms. The quantitative estimate of drug-likeness (QED) is 0.644. The molecule has 1 unspecified atom stereocenters. The number of hydrogen-bond donors (Lipinski definition) is 2. The van der Waals surface area contributed by atoms with E-state index in [4.69, 9.17) is 5.73 Å². The van der Waals surface area contributed by atoms with Crippen LogP contribution in [0, 0.1) is 5.92 Å². The van der Waals surface area contributed by atoms with Crippen LogP contribution in [0.1, 0.15) is 37.8 Å². The van der Waals surface area contributed by atoms with Gasteiger partial charge in [-0.1, -0.05) is 74.5 Å². The molecular formula is C22H32N2. The van der Waals surface area contributed by atoms with Crippen molar-refractivity contribution < 1.29 is 0 Å². The minimum Gasteiger partial charge on any atom is -0.330 e. The van der Waals surface area contributed by atoms with Crippen molar-refractivity contribution in [3.8, 4) is 0 Å². The molecule has 3 N–H and O–H groups in total. The van der Waals surface area contributed by atoms with Gasteiger partial charge in [-0.05, 0) is 49.4 Å². The summed E-state index contributed by atoms with van der Waals surface area (Å²) < 4.78 is 0. The minimum atomic E-state index is 0.0857. The van der Waals surface area contributed by atoms with Gasteiger partial charge in [0.05, 0.1) is 0 Å². The fourth-order valence-corrected chi connectivity index (χ4v) is 3.52. The topological polar surface area (TPSA) is 38.0 Å². The van der Waals surface area contributed by atoms with Crippen molar-refractivity contribution in [2.45, 2.75) is 38.5 Å². The molecule has 24 heavy (non-hydrogen) atoms. The first-order valence-corrected chi connectivity index (χ1v) is 9.19. The van der Waals surface area contributed by atoms with Gasteiger partial charge in [0.2, 0.25) is 0 Å². The molecule has 0 radical (unpaired) electrons. The summed E-state index contributed by atoms with van der Waals surface area (Å²) in [7, 11) is 0. The Morgan fingerprint density at radius 2 is 1.54 bits per heavy atom. The van der Waals surface area contributed by atoms with Crippen LogP contribution < -0.4 is 11.1 Å². The molecule has 0 saturated heterocycles. The summed E-state index contributed by atoms with van der Waals surface area (Å²) in [6.07, 6.45) is 3.37. The van der Waals surface area contributed by atoms with Crippen LogP contribution in [0.4, 0.5) is 0 Å². The van der Waals surface area contributed by atoms with E-state index in [1.165, 1.54) is 11.1 Å². The predicted molar refractivity (Wildman–Crippen MR) is 104 cm³/mol. The van der Waals surface area contributed by atoms with E-state index in [9.17, 15) is 0 Å². The van der Waals surface area contributed by atoms with Crippen LogP contribution in [0.25, 0.3) is 0 Å². The molecule has 130 valence electrons. The lowest BCUT2D eigenvalue weighted by molar-refractivity contribution is 0.284. The molecule has 2 heteroatoms. The Hall–Kier alpha value is -1.64. The van der Waals surface area contributed by atoms with Crippen LogP contribution in [0.2, 0.25) is 0 Å². The van der Waals surface area contributed by atoms with Crippen LogP contribution in [-0.4, -0.2) is 19.6 Å². The van der Waals surface area contributed by atoms with Crippen molar-refractivity contribution in [3.05, 3.63) is 71.8 Å². The van der Waals surface area contributed by atoms with E-state index in [1.54, 1.807) is 0 Å². The van der Waals surface area contributed by atoms with Crippen molar-refractivity contribution in [2.75, 3.05) is 19.6 Å². The normalized spacial score (nSPS) is 13.8. The molecule has 0 heterocycles. The van der Waals surface area contributed by atoms with E-state index < -0.39 is 0 Å². The molecule has 0 aliphatic carbocycles. The average Bonchev–Trinajstić information content (AvgIpc) is 2.63. The largest absolute Gasteiger partial charge is 0.330 e. The van der Waals surface area contributed by atoms with Gasteiger partial charge in [0.25, 0.3) is 0 Å². The minimum absolute atomic E-state index is 0.0857. The van der Waals surface area contributed by atoms with Crippen molar-refractivity contribution in [2.24, 2.45) is 11.7 Å². The molecule has 2 nitrogen and oxygen atoms in total. The number of hydrogen-bond acceptors (Lipinski definition) is 2. The molecule has 0 fully saturated rings. The van der Waals surface area contributed by atoms with Gasteiger partial charge in [-0.2, -0.15) is 0 Å². The Labute approximate surface area is 147 Å². The highest BCUT2D eigenvalue weighted by atomic mass is 14.8. The van der Waals surface area contributed by atoms with Gasteiger partial charge in [0, 0.05) is 12.0 Å². The van der Waals surface area contributed by atoms with Gasteiger partial charge >= 0.3 is 0 Å².